The molecule has 1 aliphatic rings. The largest absolute Gasteiger partial charge is 0.416 e. The maximum absolute atomic E-state index is 14.0. The number of anilines is 1. The van der Waals surface area contributed by atoms with Crippen molar-refractivity contribution < 1.29 is 18.0 Å². The van der Waals surface area contributed by atoms with Gasteiger partial charge < -0.3 is 15.5 Å². The Morgan fingerprint density at radius 3 is 2.49 bits per heavy atom. The van der Waals surface area contributed by atoms with Crippen LogP contribution in [0.5, 0.6) is 0 Å². The van der Waals surface area contributed by atoms with Gasteiger partial charge >= 0.3 is 6.18 Å². The SMILES string of the molecule is Cc1ccc(C(=O)Nc2ccc(CNCCN3CCN(C)CC3)c(C(F)(F)F)c2)cc1-n1cc(-c2cnn(C)c2C)nn1. The number of rotatable bonds is 9. The molecule has 1 aliphatic heterocycles. The van der Waals surface area contributed by atoms with E-state index in [-0.39, 0.29) is 23.4 Å². The van der Waals surface area contributed by atoms with Gasteiger partial charge in [0.15, 0.2) is 0 Å². The smallest absolute Gasteiger partial charge is 0.322 e. The minimum Gasteiger partial charge on any atom is -0.322 e. The van der Waals surface area contributed by atoms with Crippen LogP contribution >= 0.6 is 0 Å². The van der Waals surface area contributed by atoms with Gasteiger partial charge in [-0.2, -0.15) is 18.3 Å². The van der Waals surface area contributed by atoms with Gasteiger partial charge in [0, 0.05) is 75.4 Å². The van der Waals surface area contributed by atoms with E-state index in [0.717, 1.165) is 55.6 Å². The number of nitrogens with one attached hydrogen (secondary N) is 2. The number of aromatic nitrogens is 5. The molecule has 43 heavy (non-hydrogen) atoms. The molecule has 0 atom stereocenters. The van der Waals surface area contributed by atoms with Crippen molar-refractivity contribution in [2.24, 2.45) is 7.05 Å². The van der Waals surface area contributed by atoms with Gasteiger partial charge in [-0.05, 0) is 56.3 Å². The van der Waals surface area contributed by atoms with Crippen molar-refractivity contribution >= 4 is 11.6 Å². The number of hydrogen-bond donors (Lipinski definition) is 2. The highest BCUT2D eigenvalue weighted by Crippen LogP contribution is 2.34. The summed E-state index contributed by atoms with van der Waals surface area (Å²) in [5.41, 5.74) is 3.58. The Morgan fingerprint density at radius 1 is 1.02 bits per heavy atom. The highest BCUT2D eigenvalue weighted by Gasteiger charge is 2.33. The van der Waals surface area contributed by atoms with E-state index in [2.05, 4.69) is 42.9 Å². The Bertz CT molecular complexity index is 1590. The molecule has 3 heterocycles. The third-order valence-electron chi connectivity index (χ3n) is 7.91. The first-order valence-electron chi connectivity index (χ1n) is 14.1. The summed E-state index contributed by atoms with van der Waals surface area (Å²) in [7, 11) is 3.92. The number of nitrogens with zero attached hydrogens (tertiary/aromatic N) is 7. The summed E-state index contributed by atoms with van der Waals surface area (Å²) in [5.74, 6) is -0.532. The molecule has 228 valence electrons. The van der Waals surface area contributed by atoms with Crippen LogP contribution in [0.1, 0.15) is 32.7 Å². The lowest BCUT2D eigenvalue weighted by atomic mass is 10.1. The van der Waals surface area contributed by atoms with Crippen molar-refractivity contribution in [2.45, 2.75) is 26.6 Å². The van der Waals surface area contributed by atoms with Crippen molar-refractivity contribution in [1.29, 1.82) is 0 Å². The number of likely N-dealkylation sites (N-methyl/N-ethyl adjacent to an activating group) is 1. The number of hydrogen-bond acceptors (Lipinski definition) is 7. The van der Waals surface area contributed by atoms with Gasteiger partial charge in [-0.3, -0.25) is 14.4 Å². The third-order valence-corrected chi connectivity index (χ3v) is 7.91. The van der Waals surface area contributed by atoms with Crippen molar-refractivity contribution in [1.82, 2.24) is 39.9 Å². The van der Waals surface area contributed by atoms with Crippen LogP contribution < -0.4 is 10.6 Å². The average molecular weight is 596 g/mol. The van der Waals surface area contributed by atoms with Crippen molar-refractivity contribution in [2.75, 3.05) is 51.6 Å². The zero-order valence-corrected chi connectivity index (χ0v) is 24.7. The van der Waals surface area contributed by atoms with Gasteiger partial charge in [0.1, 0.15) is 5.69 Å². The molecule has 10 nitrogen and oxygen atoms in total. The molecule has 0 bridgehead atoms. The molecule has 2 aromatic carbocycles. The molecule has 2 aromatic heterocycles. The molecule has 0 spiro atoms. The molecular weight excluding hydrogens is 559 g/mol. The number of carbonyl (C=O) groups excluding carboxylic acids is 1. The highest BCUT2D eigenvalue weighted by atomic mass is 19.4. The van der Waals surface area contributed by atoms with Crippen LogP contribution in [0.3, 0.4) is 0 Å². The summed E-state index contributed by atoms with van der Waals surface area (Å²) in [4.78, 5) is 17.7. The monoisotopic (exact) mass is 595 g/mol. The fourth-order valence-electron chi connectivity index (χ4n) is 5.06. The lowest BCUT2D eigenvalue weighted by Gasteiger charge is -2.32. The number of carbonyl (C=O) groups is 1. The number of benzene rings is 2. The fraction of sp³-hybridized carbons (Fsp3) is 0.400. The molecule has 13 heteroatoms. The molecule has 0 aliphatic carbocycles. The standard InChI is InChI=1S/C30H36F3N9O/c1-20-5-6-22(15-28(20)42-19-27(37-38-42)25-18-35-40(4)21(25)2)29(43)36-24-8-7-23(26(16-24)30(31,32)33)17-34-9-10-41-13-11-39(3)12-14-41/h5-8,15-16,18-19,34H,9-14,17H2,1-4H3,(H,36,43). The van der Waals surface area contributed by atoms with E-state index in [9.17, 15) is 18.0 Å². The van der Waals surface area contributed by atoms with Crippen LogP contribution in [0.25, 0.3) is 16.9 Å². The van der Waals surface area contributed by atoms with E-state index in [1.54, 1.807) is 40.0 Å². The van der Waals surface area contributed by atoms with E-state index in [1.165, 1.54) is 12.1 Å². The highest BCUT2D eigenvalue weighted by molar-refractivity contribution is 6.04. The predicted molar refractivity (Wildman–Crippen MR) is 158 cm³/mol. The molecular formula is C30H36F3N9O. The van der Waals surface area contributed by atoms with Crippen LogP contribution in [-0.4, -0.2) is 86.8 Å². The lowest BCUT2D eigenvalue weighted by molar-refractivity contribution is -0.138. The molecule has 0 radical (unpaired) electrons. The van der Waals surface area contributed by atoms with Crippen LogP contribution in [0.2, 0.25) is 0 Å². The number of piperazine rings is 1. The van der Waals surface area contributed by atoms with Crippen molar-refractivity contribution in [3.63, 3.8) is 0 Å². The maximum atomic E-state index is 14.0. The topological polar surface area (TPSA) is 96.1 Å². The summed E-state index contributed by atoms with van der Waals surface area (Å²) < 4.78 is 45.3. The molecule has 0 unspecified atom stereocenters. The number of halogens is 3. The second kappa shape index (κ2) is 12.7. The second-order valence-electron chi connectivity index (χ2n) is 11.0. The van der Waals surface area contributed by atoms with Gasteiger partial charge in [-0.1, -0.05) is 17.3 Å². The van der Waals surface area contributed by atoms with E-state index < -0.39 is 17.6 Å². The Kier molecular flexibility index (Phi) is 8.95. The molecule has 1 amide bonds. The zero-order valence-electron chi connectivity index (χ0n) is 24.7. The number of aryl methyl sites for hydroxylation is 2. The Balaban J connectivity index is 1.27. The molecule has 4 aromatic rings. The predicted octanol–water partition coefficient (Wildman–Crippen LogP) is 3.89. The van der Waals surface area contributed by atoms with Crippen molar-refractivity contribution in [3.8, 4) is 16.9 Å². The summed E-state index contributed by atoms with van der Waals surface area (Å²) in [6, 6.07) is 8.94. The zero-order chi connectivity index (χ0) is 30.7. The molecule has 1 fully saturated rings. The number of alkyl halides is 3. The molecule has 0 saturated carbocycles. The maximum Gasteiger partial charge on any atom is 0.416 e. The number of amides is 1. The van der Waals surface area contributed by atoms with E-state index in [4.69, 9.17) is 0 Å². The van der Waals surface area contributed by atoms with Crippen LogP contribution in [0.4, 0.5) is 18.9 Å². The summed E-state index contributed by atoms with van der Waals surface area (Å²) in [6.07, 6.45) is -1.10. The van der Waals surface area contributed by atoms with Gasteiger partial charge in [0.2, 0.25) is 0 Å². The summed E-state index contributed by atoms with van der Waals surface area (Å²) >= 11 is 0. The van der Waals surface area contributed by atoms with Crippen LogP contribution in [0, 0.1) is 13.8 Å². The first kappa shape index (κ1) is 30.4. The Hall–Kier alpha value is -4.07. The quantitative estimate of drug-likeness (QED) is 0.284. The normalized spacial score (nSPS) is 14.8. The third kappa shape index (κ3) is 7.12. The van der Waals surface area contributed by atoms with Gasteiger partial charge in [0.05, 0.1) is 23.6 Å². The lowest BCUT2D eigenvalue weighted by Crippen LogP contribution is -2.46. The van der Waals surface area contributed by atoms with Gasteiger partial charge in [-0.25, -0.2) is 4.68 Å². The average Bonchev–Trinajstić information content (AvgIpc) is 3.58. The fourth-order valence-corrected chi connectivity index (χ4v) is 5.06. The van der Waals surface area contributed by atoms with Gasteiger partial charge in [0.25, 0.3) is 5.91 Å². The summed E-state index contributed by atoms with van der Waals surface area (Å²) in [6.45, 7) is 9.14. The van der Waals surface area contributed by atoms with E-state index >= 15 is 0 Å². The first-order valence-corrected chi connectivity index (χ1v) is 14.1. The van der Waals surface area contributed by atoms with E-state index in [0.29, 0.717) is 17.9 Å². The molecule has 5 rings (SSSR count). The Morgan fingerprint density at radius 2 is 1.79 bits per heavy atom. The first-order chi connectivity index (χ1) is 20.5. The molecule has 2 N–H and O–H groups in total. The van der Waals surface area contributed by atoms with E-state index in [1.807, 2.05) is 20.9 Å². The van der Waals surface area contributed by atoms with Crippen molar-refractivity contribution in [3.05, 3.63) is 76.7 Å². The second-order valence-corrected chi connectivity index (χ2v) is 11.0. The molecule has 1 saturated heterocycles. The van der Waals surface area contributed by atoms with Gasteiger partial charge in [-0.15, -0.1) is 5.10 Å². The summed E-state index contributed by atoms with van der Waals surface area (Å²) in [5, 5.41) is 18.5. The van der Waals surface area contributed by atoms with Crippen LogP contribution in [0.15, 0.2) is 48.8 Å². The Labute approximate surface area is 248 Å². The minimum atomic E-state index is -4.57. The van der Waals surface area contributed by atoms with Crippen LogP contribution in [-0.2, 0) is 19.8 Å². The minimum absolute atomic E-state index is 0.0655.